The summed E-state index contributed by atoms with van der Waals surface area (Å²) < 4.78 is 7.93. The van der Waals surface area contributed by atoms with E-state index in [9.17, 15) is 9.59 Å². The van der Waals surface area contributed by atoms with Crippen LogP contribution in [0, 0.1) is 3.57 Å². The van der Waals surface area contributed by atoms with Crippen LogP contribution in [0.5, 0.6) is 0 Å². The molecule has 6 nitrogen and oxygen atoms in total. The van der Waals surface area contributed by atoms with Gasteiger partial charge >= 0.3 is 5.97 Å². The summed E-state index contributed by atoms with van der Waals surface area (Å²) in [6.45, 7) is 2.52. The van der Waals surface area contributed by atoms with E-state index in [-0.39, 0.29) is 23.6 Å². The Labute approximate surface area is 198 Å². The number of hydrogen-bond acceptors (Lipinski definition) is 4. The molecular weight excluding hydrogens is 529 g/mol. The van der Waals surface area contributed by atoms with Crippen molar-refractivity contribution in [3.63, 3.8) is 0 Å². The van der Waals surface area contributed by atoms with Crippen LogP contribution < -0.4 is 4.90 Å². The van der Waals surface area contributed by atoms with Crippen molar-refractivity contribution in [2.45, 2.75) is 25.2 Å². The third-order valence-corrected chi connectivity index (χ3v) is 6.79. The molecule has 1 spiro atoms. The van der Waals surface area contributed by atoms with Crippen molar-refractivity contribution in [2.75, 3.05) is 18.1 Å². The number of ether oxygens (including phenoxy) is 1. The molecule has 158 valence electrons. The maximum atomic E-state index is 13.8. The number of benzene rings is 2. The number of esters is 1. The summed E-state index contributed by atoms with van der Waals surface area (Å²) in [5, 5.41) is 5.11. The summed E-state index contributed by atoms with van der Waals surface area (Å²) in [7, 11) is 0. The summed E-state index contributed by atoms with van der Waals surface area (Å²) in [4.78, 5) is 28.4. The van der Waals surface area contributed by atoms with E-state index in [1.807, 2.05) is 30.3 Å². The minimum atomic E-state index is -0.499. The summed E-state index contributed by atoms with van der Waals surface area (Å²) >= 11 is 8.46. The molecule has 1 fully saturated rings. The molecule has 3 aromatic rings. The van der Waals surface area contributed by atoms with Gasteiger partial charge in [0.25, 0.3) is 5.91 Å². The Hall–Kier alpha value is -2.39. The largest absolute Gasteiger partial charge is 0.461 e. The normalized spacial score (nSPS) is 16.4. The van der Waals surface area contributed by atoms with Crippen LogP contribution in [0.15, 0.2) is 48.5 Å². The molecule has 2 heterocycles. The molecule has 2 aromatic carbocycles. The van der Waals surface area contributed by atoms with Gasteiger partial charge in [-0.3, -0.25) is 4.79 Å². The zero-order valence-electron chi connectivity index (χ0n) is 16.8. The molecule has 0 N–H and O–H groups in total. The number of carbonyl (C=O) groups excluding carboxylic acids is 2. The fourth-order valence-electron chi connectivity index (χ4n) is 4.22. The molecule has 1 amide bonds. The van der Waals surface area contributed by atoms with Crippen molar-refractivity contribution in [2.24, 2.45) is 0 Å². The number of amides is 1. The molecule has 0 saturated heterocycles. The highest BCUT2D eigenvalue weighted by atomic mass is 127. The lowest BCUT2D eigenvalue weighted by Crippen LogP contribution is -2.44. The molecule has 1 aromatic heterocycles. The standard InChI is InChI=1S/C23H19ClIN3O3/c1-2-31-22(30)19-18-20(28(26-19)17-5-3-4-14(24)12-17)21(29)27(13-23(18)10-11-23)16-8-6-15(25)7-9-16/h3-9,12H,2,10-11,13H2,1H3. The third kappa shape index (κ3) is 3.43. The second-order valence-electron chi connectivity index (χ2n) is 7.83. The number of rotatable bonds is 4. The second-order valence-corrected chi connectivity index (χ2v) is 9.51. The van der Waals surface area contributed by atoms with Crippen LogP contribution in [0.1, 0.15) is 46.3 Å². The summed E-state index contributed by atoms with van der Waals surface area (Å²) in [6, 6.07) is 15.0. The summed E-state index contributed by atoms with van der Waals surface area (Å²) in [6.07, 6.45) is 1.78. The predicted octanol–water partition coefficient (Wildman–Crippen LogP) is 5.00. The number of halogens is 2. The quantitative estimate of drug-likeness (QED) is 0.341. The Balaban J connectivity index is 1.72. The van der Waals surface area contributed by atoms with E-state index < -0.39 is 5.97 Å². The molecular formula is C23H19ClIN3O3. The molecule has 8 heteroatoms. The van der Waals surface area contributed by atoms with Gasteiger partial charge in [-0.2, -0.15) is 5.10 Å². The average Bonchev–Trinajstić information content (AvgIpc) is 3.40. The third-order valence-electron chi connectivity index (χ3n) is 5.84. The fraction of sp³-hybridized carbons (Fsp3) is 0.261. The molecule has 1 aliphatic heterocycles. The number of fused-ring (bicyclic) bond motifs is 2. The molecule has 1 saturated carbocycles. The Morgan fingerprint density at radius 3 is 2.58 bits per heavy atom. The van der Waals surface area contributed by atoms with Gasteiger partial charge in [0.15, 0.2) is 5.69 Å². The van der Waals surface area contributed by atoms with E-state index in [1.165, 1.54) is 0 Å². The van der Waals surface area contributed by atoms with Crippen molar-refractivity contribution >= 4 is 51.8 Å². The zero-order valence-corrected chi connectivity index (χ0v) is 19.7. The first kappa shape index (κ1) is 20.5. The zero-order chi connectivity index (χ0) is 21.8. The Kier molecular flexibility index (Phi) is 5.05. The van der Waals surface area contributed by atoms with Gasteiger partial charge in [-0.25, -0.2) is 9.48 Å². The maximum absolute atomic E-state index is 13.8. The van der Waals surface area contributed by atoms with Crippen molar-refractivity contribution in [1.82, 2.24) is 9.78 Å². The number of anilines is 1. The van der Waals surface area contributed by atoms with Gasteiger partial charge in [-0.05, 0) is 84.8 Å². The average molecular weight is 548 g/mol. The van der Waals surface area contributed by atoms with Gasteiger partial charge in [0, 0.05) is 31.8 Å². The number of hydrogen-bond donors (Lipinski definition) is 0. The van der Waals surface area contributed by atoms with Crippen LogP contribution in [0.3, 0.4) is 0 Å². The van der Waals surface area contributed by atoms with Gasteiger partial charge in [-0.1, -0.05) is 17.7 Å². The van der Waals surface area contributed by atoms with Gasteiger partial charge in [0.2, 0.25) is 0 Å². The van der Waals surface area contributed by atoms with Crippen molar-refractivity contribution in [3.05, 3.63) is 74.1 Å². The topological polar surface area (TPSA) is 64.4 Å². The van der Waals surface area contributed by atoms with E-state index in [2.05, 4.69) is 27.7 Å². The highest BCUT2D eigenvalue weighted by Crippen LogP contribution is 2.54. The number of nitrogens with zero attached hydrogens (tertiary/aromatic N) is 3. The minimum Gasteiger partial charge on any atom is -0.461 e. The number of carbonyl (C=O) groups is 2. The van der Waals surface area contributed by atoms with E-state index in [4.69, 9.17) is 16.3 Å². The highest BCUT2D eigenvalue weighted by molar-refractivity contribution is 14.1. The van der Waals surface area contributed by atoms with Crippen LogP contribution in [0.4, 0.5) is 5.69 Å². The molecule has 0 radical (unpaired) electrons. The van der Waals surface area contributed by atoms with Crippen LogP contribution >= 0.6 is 34.2 Å². The van der Waals surface area contributed by atoms with E-state index in [0.717, 1.165) is 22.1 Å². The van der Waals surface area contributed by atoms with Crippen molar-refractivity contribution in [1.29, 1.82) is 0 Å². The van der Waals surface area contributed by atoms with Gasteiger partial charge < -0.3 is 9.64 Å². The van der Waals surface area contributed by atoms with Crippen LogP contribution in [-0.2, 0) is 10.2 Å². The lowest BCUT2D eigenvalue weighted by molar-refractivity contribution is 0.0517. The molecule has 0 bridgehead atoms. The molecule has 2 aliphatic rings. The first-order chi connectivity index (χ1) is 14.9. The van der Waals surface area contributed by atoms with Crippen LogP contribution in [0.25, 0.3) is 5.69 Å². The van der Waals surface area contributed by atoms with Gasteiger partial charge in [0.05, 0.1) is 12.3 Å². The SMILES string of the molecule is CCOC(=O)c1nn(-c2cccc(Cl)c2)c2c1C1(CC1)CN(c1ccc(I)cc1)C2=O. The maximum Gasteiger partial charge on any atom is 0.359 e. The second kappa shape index (κ2) is 7.63. The molecule has 1 aliphatic carbocycles. The number of aromatic nitrogens is 2. The van der Waals surface area contributed by atoms with Crippen LogP contribution in [-0.4, -0.2) is 34.8 Å². The van der Waals surface area contributed by atoms with E-state index in [0.29, 0.717) is 28.5 Å². The lowest BCUT2D eigenvalue weighted by atomic mass is 9.88. The first-order valence-corrected chi connectivity index (χ1v) is 11.5. The van der Waals surface area contributed by atoms with Crippen molar-refractivity contribution < 1.29 is 14.3 Å². The Morgan fingerprint density at radius 2 is 1.94 bits per heavy atom. The lowest BCUT2D eigenvalue weighted by Gasteiger charge is -2.33. The molecule has 0 unspecified atom stereocenters. The fourth-order valence-corrected chi connectivity index (χ4v) is 4.77. The highest BCUT2D eigenvalue weighted by Gasteiger charge is 2.56. The Bertz CT molecular complexity index is 1200. The molecule has 5 rings (SSSR count). The minimum absolute atomic E-state index is 0.184. The van der Waals surface area contributed by atoms with Gasteiger partial charge in [0.1, 0.15) is 5.69 Å². The monoisotopic (exact) mass is 547 g/mol. The summed E-state index contributed by atoms with van der Waals surface area (Å²) in [5.41, 5.74) is 2.52. The van der Waals surface area contributed by atoms with Crippen molar-refractivity contribution in [3.8, 4) is 5.69 Å². The van der Waals surface area contributed by atoms with Gasteiger partial charge in [-0.15, -0.1) is 0 Å². The Morgan fingerprint density at radius 1 is 1.19 bits per heavy atom. The first-order valence-electron chi connectivity index (χ1n) is 10.1. The van der Waals surface area contributed by atoms with Crippen LogP contribution in [0.2, 0.25) is 5.02 Å². The smallest absolute Gasteiger partial charge is 0.359 e. The van der Waals surface area contributed by atoms with E-state index in [1.54, 1.807) is 34.7 Å². The predicted molar refractivity (Wildman–Crippen MR) is 126 cm³/mol. The molecule has 31 heavy (non-hydrogen) atoms. The summed E-state index contributed by atoms with van der Waals surface area (Å²) in [5.74, 6) is -0.682. The molecule has 0 atom stereocenters. The van der Waals surface area contributed by atoms with E-state index >= 15 is 0 Å².